The first-order chi connectivity index (χ1) is 7.27. The Morgan fingerprint density at radius 3 is 2.47 bits per heavy atom. The minimum absolute atomic E-state index is 0.0327. The van der Waals surface area contributed by atoms with Gasteiger partial charge in [0.25, 0.3) is 0 Å². The number of carbonyl (C=O) groups excluding carboxylic acids is 1. The van der Waals surface area contributed by atoms with Gasteiger partial charge in [0.15, 0.2) is 5.78 Å². The van der Waals surface area contributed by atoms with Gasteiger partial charge in [0.05, 0.1) is 0 Å². The third kappa shape index (κ3) is 2.34. The summed E-state index contributed by atoms with van der Waals surface area (Å²) in [5.74, 6) is 0.0327. The van der Waals surface area contributed by atoms with Gasteiger partial charge in [-0.05, 0) is 12.1 Å². The van der Waals surface area contributed by atoms with Crippen LogP contribution in [0.4, 0.5) is 0 Å². The highest BCUT2D eigenvalue weighted by Gasteiger charge is 2.07. The van der Waals surface area contributed by atoms with E-state index in [0.717, 1.165) is 4.47 Å². The summed E-state index contributed by atoms with van der Waals surface area (Å²) in [6, 6.07) is 17.5. The van der Waals surface area contributed by atoms with Gasteiger partial charge < -0.3 is 0 Å². The lowest BCUT2D eigenvalue weighted by molar-refractivity contribution is 0.103. The van der Waals surface area contributed by atoms with Crippen molar-refractivity contribution in [1.82, 2.24) is 0 Å². The number of hydrogen-bond acceptors (Lipinski definition) is 1. The molecule has 0 bridgehead atoms. The number of benzene rings is 2. The van der Waals surface area contributed by atoms with Gasteiger partial charge in [0, 0.05) is 15.6 Å². The largest absolute Gasteiger partial charge is 0.289 e. The predicted molar refractivity (Wildman–Crippen MR) is 62.9 cm³/mol. The van der Waals surface area contributed by atoms with Gasteiger partial charge in [-0.25, -0.2) is 0 Å². The molecular weight excluding hydrogens is 252 g/mol. The van der Waals surface area contributed by atoms with Gasteiger partial charge in [-0.1, -0.05) is 58.4 Å². The van der Waals surface area contributed by atoms with Crippen LogP contribution in [0.5, 0.6) is 0 Å². The lowest BCUT2D eigenvalue weighted by Crippen LogP contribution is -2.00. The molecule has 1 radical (unpaired) electrons. The summed E-state index contributed by atoms with van der Waals surface area (Å²) < 4.78 is 0.796. The number of hydrogen-bond donors (Lipinski definition) is 0. The zero-order chi connectivity index (χ0) is 10.7. The lowest BCUT2D eigenvalue weighted by atomic mass is 10.0. The molecule has 2 heteroatoms. The first-order valence-corrected chi connectivity index (χ1v) is 5.33. The van der Waals surface area contributed by atoms with E-state index in [-0.39, 0.29) is 5.78 Å². The standard InChI is InChI=1S/C13H8BrO/c14-12-8-4-7-11(9-12)13(15)10-5-2-1-3-6-10/h1-7,9H. The van der Waals surface area contributed by atoms with E-state index >= 15 is 0 Å². The van der Waals surface area contributed by atoms with Gasteiger partial charge in [-0.15, -0.1) is 0 Å². The Hall–Kier alpha value is -1.41. The lowest BCUT2D eigenvalue weighted by Gasteiger charge is -2.00. The molecule has 0 spiro atoms. The second-order valence-corrected chi connectivity index (χ2v) is 3.97. The quantitative estimate of drug-likeness (QED) is 0.755. The molecular formula is C13H8BrO. The Balaban J connectivity index is 2.37. The predicted octanol–water partition coefficient (Wildman–Crippen LogP) is 3.48. The fourth-order valence-electron chi connectivity index (χ4n) is 1.33. The van der Waals surface area contributed by atoms with Crippen LogP contribution in [-0.4, -0.2) is 5.78 Å². The number of rotatable bonds is 2. The van der Waals surface area contributed by atoms with Crippen LogP contribution in [0, 0.1) is 6.07 Å². The van der Waals surface area contributed by atoms with E-state index in [4.69, 9.17) is 0 Å². The van der Waals surface area contributed by atoms with Crippen LogP contribution in [-0.2, 0) is 0 Å². The minimum Gasteiger partial charge on any atom is -0.289 e. The summed E-state index contributed by atoms with van der Waals surface area (Å²) >= 11 is 3.30. The molecule has 15 heavy (non-hydrogen) atoms. The summed E-state index contributed by atoms with van der Waals surface area (Å²) in [5.41, 5.74) is 1.38. The Bertz CT molecular complexity index is 477. The fraction of sp³-hybridized carbons (Fsp3) is 0. The zero-order valence-electron chi connectivity index (χ0n) is 7.91. The van der Waals surface area contributed by atoms with E-state index in [9.17, 15) is 4.79 Å². The molecule has 0 N–H and O–H groups in total. The van der Waals surface area contributed by atoms with Crippen molar-refractivity contribution >= 4 is 21.7 Å². The SMILES string of the molecule is O=C(c1ccccc1)c1cc[c]c(Br)c1. The van der Waals surface area contributed by atoms with E-state index in [2.05, 4.69) is 22.0 Å². The molecule has 0 unspecified atom stereocenters. The average Bonchev–Trinajstić information content (AvgIpc) is 2.29. The average molecular weight is 260 g/mol. The fourth-order valence-corrected chi connectivity index (χ4v) is 1.71. The first-order valence-electron chi connectivity index (χ1n) is 4.54. The Labute approximate surface area is 96.9 Å². The second-order valence-electron chi connectivity index (χ2n) is 3.12. The van der Waals surface area contributed by atoms with Crippen LogP contribution in [0.2, 0.25) is 0 Å². The summed E-state index contributed by atoms with van der Waals surface area (Å²) in [7, 11) is 0. The van der Waals surface area contributed by atoms with Gasteiger partial charge >= 0.3 is 0 Å². The Morgan fingerprint density at radius 2 is 1.80 bits per heavy atom. The molecule has 0 saturated heterocycles. The van der Waals surface area contributed by atoms with E-state index in [1.165, 1.54) is 0 Å². The molecule has 0 heterocycles. The maximum atomic E-state index is 12.0. The van der Waals surface area contributed by atoms with Crippen molar-refractivity contribution < 1.29 is 4.79 Å². The molecule has 0 fully saturated rings. The van der Waals surface area contributed by atoms with Crippen LogP contribution in [0.3, 0.4) is 0 Å². The molecule has 0 aromatic heterocycles. The van der Waals surface area contributed by atoms with Crippen LogP contribution < -0.4 is 0 Å². The molecule has 2 aromatic rings. The minimum atomic E-state index is 0.0327. The molecule has 2 rings (SSSR count). The van der Waals surface area contributed by atoms with Gasteiger partial charge in [0.1, 0.15) is 0 Å². The maximum absolute atomic E-state index is 12.0. The second kappa shape index (κ2) is 4.41. The normalized spacial score (nSPS) is 9.93. The summed E-state index contributed by atoms with van der Waals surface area (Å²) in [6.45, 7) is 0. The van der Waals surface area contributed by atoms with Crippen LogP contribution in [0.1, 0.15) is 15.9 Å². The van der Waals surface area contributed by atoms with Crippen LogP contribution >= 0.6 is 15.9 Å². The highest BCUT2D eigenvalue weighted by atomic mass is 79.9. The van der Waals surface area contributed by atoms with Crippen molar-refractivity contribution in [2.75, 3.05) is 0 Å². The molecule has 0 amide bonds. The molecule has 0 aliphatic heterocycles. The van der Waals surface area contributed by atoms with Crippen molar-refractivity contribution in [3.8, 4) is 0 Å². The molecule has 2 aromatic carbocycles. The highest BCUT2D eigenvalue weighted by molar-refractivity contribution is 9.10. The smallest absolute Gasteiger partial charge is 0.193 e. The van der Waals surface area contributed by atoms with Gasteiger partial charge in [-0.3, -0.25) is 4.79 Å². The number of carbonyl (C=O) groups is 1. The van der Waals surface area contributed by atoms with Crippen molar-refractivity contribution in [3.63, 3.8) is 0 Å². The number of halogens is 1. The first kappa shape index (κ1) is 10.1. The van der Waals surface area contributed by atoms with E-state index < -0.39 is 0 Å². The van der Waals surface area contributed by atoms with Crippen molar-refractivity contribution in [3.05, 3.63) is 70.2 Å². The van der Waals surface area contributed by atoms with E-state index in [1.54, 1.807) is 18.2 Å². The molecule has 0 saturated carbocycles. The summed E-state index contributed by atoms with van der Waals surface area (Å²) in [5, 5.41) is 0. The van der Waals surface area contributed by atoms with Gasteiger partial charge in [-0.2, -0.15) is 0 Å². The Kier molecular flexibility index (Phi) is 2.97. The third-order valence-corrected chi connectivity index (χ3v) is 2.52. The topological polar surface area (TPSA) is 17.1 Å². The Morgan fingerprint density at radius 1 is 1.07 bits per heavy atom. The van der Waals surface area contributed by atoms with E-state index in [0.29, 0.717) is 11.1 Å². The molecule has 1 nitrogen and oxygen atoms in total. The highest BCUT2D eigenvalue weighted by Crippen LogP contribution is 2.14. The van der Waals surface area contributed by atoms with E-state index in [1.807, 2.05) is 30.3 Å². The summed E-state index contributed by atoms with van der Waals surface area (Å²) in [4.78, 5) is 12.0. The van der Waals surface area contributed by atoms with Crippen molar-refractivity contribution in [2.45, 2.75) is 0 Å². The van der Waals surface area contributed by atoms with Crippen LogP contribution in [0.15, 0.2) is 53.0 Å². The number of ketones is 1. The molecule has 0 aliphatic carbocycles. The third-order valence-electron chi connectivity index (χ3n) is 2.06. The van der Waals surface area contributed by atoms with Crippen LogP contribution in [0.25, 0.3) is 0 Å². The maximum Gasteiger partial charge on any atom is 0.193 e. The van der Waals surface area contributed by atoms with Crippen molar-refractivity contribution in [2.24, 2.45) is 0 Å². The zero-order valence-corrected chi connectivity index (χ0v) is 9.49. The molecule has 0 atom stereocenters. The van der Waals surface area contributed by atoms with Gasteiger partial charge in [0.2, 0.25) is 0 Å². The molecule has 0 aliphatic rings. The monoisotopic (exact) mass is 259 g/mol. The summed E-state index contributed by atoms with van der Waals surface area (Å²) in [6.07, 6.45) is 0. The van der Waals surface area contributed by atoms with Crippen molar-refractivity contribution in [1.29, 1.82) is 0 Å². The molecule has 73 valence electrons.